The smallest absolute Gasteiger partial charge is 0.246 e. The van der Waals surface area contributed by atoms with Gasteiger partial charge >= 0.3 is 0 Å². The Balaban J connectivity index is 2.59. The first-order valence-corrected chi connectivity index (χ1v) is 5.42. The molecule has 0 aliphatic rings. The minimum Gasteiger partial charge on any atom is -0.399 e. The molecule has 0 bridgehead atoms. The Morgan fingerprint density at radius 2 is 2.00 bits per heavy atom. The second-order valence-electron chi connectivity index (χ2n) is 3.76. The van der Waals surface area contributed by atoms with Crippen LogP contribution in [0.15, 0.2) is 30.3 Å². The summed E-state index contributed by atoms with van der Waals surface area (Å²) in [5.74, 6) is 0.0266. The van der Waals surface area contributed by atoms with Gasteiger partial charge in [-0.15, -0.1) is 0 Å². The lowest BCUT2D eigenvalue weighted by Crippen LogP contribution is -2.25. The number of nitrogen functional groups attached to an aromatic ring is 1. The summed E-state index contributed by atoms with van der Waals surface area (Å²) in [6.07, 6.45) is 4.35. The topological polar surface area (TPSA) is 46.3 Å². The average Bonchev–Trinajstić information content (AvgIpc) is 2.28. The van der Waals surface area contributed by atoms with Gasteiger partial charge in [0.15, 0.2) is 0 Å². The van der Waals surface area contributed by atoms with E-state index in [4.69, 9.17) is 5.73 Å². The Labute approximate surface area is 96.6 Å². The molecule has 1 amide bonds. The Kier molecular flexibility index (Phi) is 4.58. The molecule has 3 nitrogen and oxygen atoms in total. The van der Waals surface area contributed by atoms with Crippen LogP contribution < -0.4 is 5.73 Å². The molecule has 1 aromatic rings. The minimum atomic E-state index is 0.0266. The molecule has 0 aliphatic heterocycles. The zero-order valence-electron chi connectivity index (χ0n) is 9.81. The van der Waals surface area contributed by atoms with E-state index < -0.39 is 0 Å². The molecule has 2 N–H and O–H groups in total. The van der Waals surface area contributed by atoms with Crippen molar-refractivity contribution in [2.45, 2.75) is 13.3 Å². The van der Waals surface area contributed by atoms with Gasteiger partial charge in [-0.05, 0) is 30.2 Å². The molecule has 0 atom stereocenters. The quantitative estimate of drug-likeness (QED) is 0.621. The summed E-state index contributed by atoms with van der Waals surface area (Å²) in [5.41, 5.74) is 7.28. The van der Waals surface area contributed by atoms with Crippen LogP contribution in [0.4, 0.5) is 5.69 Å². The van der Waals surface area contributed by atoms with Gasteiger partial charge < -0.3 is 10.6 Å². The van der Waals surface area contributed by atoms with E-state index in [1.165, 1.54) is 0 Å². The first-order chi connectivity index (χ1) is 7.63. The Bertz CT molecular complexity index is 368. The number of nitrogens with zero attached hydrogens (tertiary/aromatic N) is 1. The highest BCUT2D eigenvalue weighted by atomic mass is 16.2. The highest BCUT2D eigenvalue weighted by Crippen LogP contribution is 2.07. The Morgan fingerprint density at radius 1 is 1.38 bits per heavy atom. The van der Waals surface area contributed by atoms with Gasteiger partial charge in [-0.2, -0.15) is 0 Å². The third-order valence-corrected chi connectivity index (χ3v) is 2.29. The maximum Gasteiger partial charge on any atom is 0.246 e. The molecule has 0 unspecified atom stereocenters. The van der Waals surface area contributed by atoms with Crippen molar-refractivity contribution in [3.05, 3.63) is 35.9 Å². The molecule has 0 aromatic heterocycles. The van der Waals surface area contributed by atoms with Gasteiger partial charge in [0, 0.05) is 25.4 Å². The number of rotatable bonds is 4. The number of amides is 1. The van der Waals surface area contributed by atoms with Gasteiger partial charge in [-0.25, -0.2) is 0 Å². The number of carbonyl (C=O) groups is 1. The lowest BCUT2D eigenvalue weighted by molar-refractivity contribution is -0.124. The molecule has 0 aliphatic carbocycles. The van der Waals surface area contributed by atoms with Crippen LogP contribution >= 0.6 is 0 Å². The molecular formula is C13H18N2O. The molecule has 0 heterocycles. The number of likely N-dealkylation sites (N-methyl/N-ethyl adjacent to an activating group) is 1. The molecule has 0 saturated carbocycles. The number of hydrogen-bond acceptors (Lipinski definition) is 2. The van der Waals surface area contributed by atoms with Crippen LogP contribution in [-0.4, -0.2) is 24.4 Å². The molecular weight excluding hydrogens is 200 g/mol. The van der Waals surface area contributed by atoms with Crippen molar-refractivity contribution in [2.75, 3.05) is 19.3 Å². The number of anilines is 1. The summed E-state index contributed by atoms with van der Waals surface area (Å²) in [6, 6.07) is 7.41. The maximum absolute atomic E-state index is 11.6. The Morgan fingerprint density at radius 3 is 2.56 bits per heavy atom. The van der Waals surface area contributed by atoms with Crippen molar-refractivity contribution in [2.24, 2.45) is 0 Å². The third-order valence-electron chi connectivity index (χ3n) is 2.29. The van der Waals surface area contributed by atoms with E-state index in [0.717, 1.165) is 24.2 Å². The predicted octanol–water partition coefficient (Wildman–Crippen LogP) is 2.15. The fraction of sp³-hybridized carbons (Fsp3) is 0.308. The molecule has 1 aromatic carbocycles. The summed E-state index contributed by atoms with van der Waals surface area (Å²) in [4.78, 5) is 13.3. The largest absolute Gasteiger partial charge is 0.399 e. The second kappa shape index (κ2) is 5.95. The van der Waals surface area contributed by atoms with Crippen LogP contribution in [-0.2, 0) is 4.79 Å². The normalized spacial score (nSPS) is 10.6. The standard InChI is InChI=1S/C13H18N2O/c1-3-10-15(2)13(16)9-6-11-4-7-12(14)8-5-11/h4-9H,3,10,14H2,1-2H3/b9-6+. The van der Waals surface area contributed by atoms with Crippen molar-refractivity contribution in [3.8, 4) is 0 Å². The first-order valence-electron chi connectivity index (χ1n) is 5.42. The molecule has 86 valence electrons. The second-order valence-corrected chi connectivity index (χ2v) is 3.76. The first kappa shape index (κ1) is 12.3. The maximum atomic E-state index is 11.6. The van der Waals surface area contributed by atoms with Crippen LogP contribution in [0, 0.1) is 0 Å². The van der Waals surface area contributed by atoms with Crippen molar-refractivity contribution in [3.63, 3.8) is 0 Å². The molecule has 16 heavy (non-hydrogen) atoms. The fourth-order valence-corrected chi connectivity index (χ4v) is 1.35. The Hall–Kier alpha value is -1.77. The molecule has 0 fully saturated rings. The third kappa shape index (κ3) is 3.77. The van der Waals surface area contributed by atoms with E-state index in [0.29, 0.717) is 0 Å². The highest BCUT2D eigenvalue weighted by Gasteiger charge is 2.01. The zero-order valence-corrected chi connectivity index (χ0v) is 9.81. The van der Waals surface area contributed by atoms with Crippen molar-refractivity contribution in [1.82, 2.24) is 4.90 Å². The summed E-state index contributed by atoms with van der Waals surface area (Å²) in [7, 11) is 1.80. The van der Waals surface area contributed by atoms with Crippen molar-refractivity contribution in [1.29, 1.82) is 0 Å². The van der Waals surface area contributed by atoms with Crippen LogP contribution in [0.3, 0.4) is 0 Å². The van der Waals surface area contributed by atoms with Crippen LogP contribution in [0.2, 0.25) is 0 Å². The number of carbonyl (C=O) groups excluding carboxylic acids is 1. The SMILES string of the molecule is CCCN(C)C(=O)/C=C/c1ccc(N)cc1. The van der Waals surface area contributed by atoms with E-state index in [9.17, 15) is 4.79 Å². The van der Waals surface area contributed by atoms with Crippen molar-refractivity contribution < 1.29 is 4.79 Å². The van der Waals surface area contributed by atoms with E-state index in [1.807, 2.05) is 31.2 Å². The summed E-state index contributed by atoms with van der Waals surface area (Å²) in [5, 5.41) is 0. The highest BCUT2D eigenvalue weighted by molar-refractivity contribution is 5.91. The van der Waals surface area contributed by atoms with E-state index >= 15 is 0 Å². The molecule has 0 radical (unpaired) electrons. The van der Waals surface area contributed by atoms with E-state index in [2.05, 4.69) is 0 Å². The molecule has 3 heteroatoms. The van der Waals surface area contributed by atoms with Crippen LogP contribution in [0.1, 0.15) is 18.9 Å². The van der Waals surface area contributed by atoms with E-state index in [1.54, 1.807) is 24.1 Å². The van der Waals surface area contributed by atoms with Gasteiger partial charge in [0.05, 0.1) is 0 Å². The summed E-state index contributed by atoms with van der Waals surface area (Å²) in [6.45, 7) is 2.83. The monoisotopic (exact) mass is 218 g/mol. The zero-order chi connectivity index (χ0) is 12.0. The van der Waals surface area contributed by atoms with Gasteiger partial charge in [0.2, 0.25) is 5.91 Å². The molecule has 0 saturated heterocycles. The molecule has 1 rings (SSSR count). The lowest BCUT2D eigenvalue weighted by atomic mass is 10.2. The van der Waals surface area contributed by atoms with Gasteiger partial charge in [0.1, 0.15) is 0 Å². The van der Waals surface area contributed by atoms with Crippen LogP contribution in [0.5, 0.6) is 0 Å². The predicted molar refractivity (Wildman–Crippen MR) is 67.8 cm³/mol. The fourth-order valence-electron chi connectivity index (χ4n) is 1.35. The minimum absolute atomic E-state index is 0.0266. The van der Waals surface area contributed by atoms with Gasteiger partial charge in [-0.3, -0.25) is 4.79 Å². The van der Waals surface area contributed by atoms with Gasteiger partial charge in [0.25, 0.3) is 0 Å². The molecule has 0 spiro atoms. The summed E-state index contributed by atoms with van der Waals surface area (Å²) >= 11 is 0. The average molecular weight is 218 g/mol. The summed E-state index contributed by atoms with van der Waals surface area (Å²) < 4.78 is 0. The van der Waals surface area contributed by atoms with Crippen LogP contribution in [0.25, 0.3) is 6.08 Å². The van der Waals surface area contributed by atoms with Crippen molar-refractivity contribution >= 4 is 17.7 Å². The van der Waals surface area contributed by atoms with E-state index in [-0.39, 0.29) is 5.91 Å². The number of nitrogens with two attached hydrogens (primary N) is 1. The number of benzene rings is 1. The van der Waals surface area contributed by atoms with Gasteiger partial charge in [-0.1, -0.05) is 19.1 Å². The number of hydrogen-bond donors (Lipinski definition) is 1. The lowest BCUT2D eigenvalue weighted by Gasteiger charge is -2.12.